The third-order valence-corrected chi connectivity index (χ3v) is 15.7. The molecule has 3 atom stereocenters. The summed E-state index contributed by atoms with van der Waals surface area (Å²) in [5.41, 5.74) is 7.50. The first-order valence-electron chi connectivity index (χ1n) is 27.4. The van der Waals surface area contributed by atoms with Crippen molar-refractivity contribution in [2.75, 3.05) is 55.4 Å². The molecule has 2 aliphatic rings. The predicted molar refractivity (Wildman–Crippen MR) is 312 cm³/mol. The predicted octanol–water partition coefficient (Wildman–Crippen LogP) is 7.98. The zero-order chi connectivity index (χ0) is 57.1. The summed E-state index contributed by atoms with van der Waals surface area (Å²) in [6.07, 6.45) is 7.89. The maximum Gasteiger partial charge on any atom is 0.257 e. The normalized spacial score (nSPS) is 15.8. The van der Waals surface area contributed by atoms with Crippen LogP contribution in [0, 0.1) is 19.3 Å². The lowest BCUT2D eigenvalue weighted by Crippen LogP contribution is -2.57. The van der Waals surface area contributed by atoms with Crippen LogP contribution in [0.2, 0.25) is 0 Å². The van der Waals surface area contributed by atoms with E-state index in [4.69, 9.17) is 9.72 Å². The topological polar surface area (TPSA) is 233 Å². The number of pyridine rings is 1. The highest BCUT2D eigenvalue weighted by atomic mass is 32.1. The molecule has 0 unspecified atom stereocenters. The van der Waals surface area contributed by atoms with E-state index in [1.54, 1.807) is 48.9 Å². The van der Waals surface area contributed by atoms with Gasteiger partial charge in [0.2, 0.25) is 35.5 Å². The molecule has 6 aromatic rings. The molecule has 3 aromatic heterocycles. The molecule has 0 spiro atoms. The van der Waals surface area contributed by atoms with Gasteiger partial charge in [-0.05, 0) is 85.2 Å². The number of aliphatic hydroxyl groups is 1. The number of anilines is 4. The number of aliphatic hydroxyl groups excluding tert-OH is 1. The fourth-order valence-electron chi connectivity index (χ4n) is 10.2. The Bertz CT molecular complexity index is 3270. The summed E-state index contributed by atoms with van der Waals surface area (Å²) < 4.78 is 7.29. The van der Waals surface area contributed by atoms with E-state index in [9.17, 15) is 33.9 Å². The first kappa shape index (κ1) is 58.2. The van der Waals surface area contributed by atoms with E-state index in [0.717, 1.165) is 65.1 Å². The SMILES string of the molecule is C=CC(=O)Nc1cccc(-n2c(=O)cc(C)c3cnc(Nc4ccc(N5CCN(C(=O)CCCCCCCCC(=O)N[C@H](C(=O)N6C[C@H](O)C[C@H]6C(=O)NCc6ccc(-c7scnc7C)cc6)C(C)(C)C)CC5)cc4OC)nc32)c1. The highest BCUT2D eigenvalue weighted by Crippen LogP contribution is 2.34. The van der Waals surface area contributed by atoms with Crippen LogP contribution in [0.15, 0.2) is 102 Å². The van der Waals surface area contributed by atoms with Gasteiger partial charge >= 0.3 is 0 Å². The number of thiazole rings is 1. The van der Waals surface area contributed by atoms with Crippen molar-refractivity contribution in [3.05, 3.63) is 124 Å². The van der Waals surface area contributed by atoms with Crippen LogP contribution in [0.25, 0.3) is 27.2 Å². The molecule has 19 nitrogen and oxygen atoms in total. The zero-order valence-electron chi connectivity index (χ0n) is 46.5. The molecule has 5 heterocycles. The second kappa shape index (κ2) is 26.3. The number of amides is 5. The molecule has 20 heteroatoms. The maximum atomic E-state index is 14.1. The number of nitrogens with zero attached hydrogens (tertiary/aromatic N) is 7. The van der Waals surface area contributed by atoms with E-state index in [2.05, 4.69) is 42.7 Å². The summed E-state index contributed by atoms with van der Waals surface area (Å²) in [5, 5.41) is 23.2. The number of aryl methyl sites for hydroxylation is 2. The molecule has 422 valence electrons. The number of methoxy groups -OCH3 is 1. The van der Waals surface area contributed by atoms with Gasteiger partial charge in [-0.2, -0.15) is 4.98 Å². The number of likely N-dealkylation sites (tertiary alicyclic amines) is 1. The smallest absolute Gasteiger partial charge is 0.257 e. The molecule has 80 heavy (non-hydrogen) atoms. The molecule has 3 aromatic carbocycles. The molecule has 0 saturated carbocycles. The molecular weight excluding hydrogens is 1030 g/mol. The number of carbonyl (C=O) groups is 5. The second-order valence-electron chi connectivity index (χ2n) is 21.6. The van der Waals surface area contributed by atoms with Gasteiger partial charge in [0.25, 0.3) is 5.56 Å². The van der Waals surface area contributed by atoms with Gasteiger partial charge in [0, 0.05) is 93.6 Å². The summed E-state index contributed by atoms with van der Waals surface area (Å²) in [4.78, 5) is 99.9. The third-order valence-electron chi connectivity index (χ3n) is 14.7. The fraction of sp³-hybridized carbons (Fsp3) is 0.417. The third kappa shape index (κ3) is 14.4. The number of hydrogen-bond acceptors (Lipinski definition) is 14. The molecule has 5 N–H and O–H groups in total. The van der Waals surface area contributed by atoms with Gasteiger partial charge in [-0.25, -0.2) is 9.97 Å². The summed E-state index contributed by atoms with van der Waals surface area (Å²) in [6.45, 7) is 15.7. The average molecular weight is 1110 g/mol. The minimum absolute atomic E-state index is 0.0112. The number of unbranched alkanes of at least 4 members (excludes halogenated alkanes) is 5. The summed E-state index contributed by atoms with van der Waals surface area (Å²) >= 11 is 1.58. The van der Waals surface area contributed by atoms with Crippen LogP contribution in [0.4, 0.5) is 23.0 Å². The van der Waals surface area contributed by atoms with Crippen LogP contribution in [0.1, 0.15) is 95.4 Å². The van der Waals surface area contributed by atoms with Crippen LogP contribution >= 0.6 is 11.3 Å². The molecule has 5 amide bonds. The van der Waals surface area contributed by atoms with Crippen molar-refractivity contribution in [2.45, 2.75) is 117 Å². The number of piperazine rings is 1. The van der Waals surface area contributed by atoms with Crippen LogP contribution in [0.5, 0.6) is 5.75 Å². The minimum Gasteiger partial charge on any atom is -0.494 e. The van der Waals surface area contributed by atoms with Gasteiger partial charge in [-0.1, -0.05) is 83.4 Å². The Kier molecular flexibility index (Phi) is 19.1. The standard InChI is InChI=1S/C60H73N11O8S/c1-8-50(73)64-42-16-15-17-44(31-42)71-53(76)30-38(2)46-35-62-59(67-56(46)71)65-47-25-24-43(32-49(47)79-7)68-26-28-69(29-27-68)52(75)19-14-12-10-9-11-13-18-51(74)66-55(60(4,5)6)58(78)70-36-45(72)33-48(70)57(77)61-34-40-20-22-41(23-21-40)54-39(3)63-37-80-54/h8,15-17,20-25,30-32,35,37,45,48,55,72H,1,9-14,18-19,26-29,33-34,36H2,2-7H3,(H,61,77)(H,64,73)(H,66,74)(H,62,65,67)/t45-,48+,55-/m1/s1. The van der Waals surface area contributed by atoms with Gasteiger partial charge in [-0.15, -0.1) is 11.3 Å². The fourth-order valence-corrected chi connectivity index (χ4v) is 11.0. The lowest BCUT2D eigenvalue weighted by Gasteiger charge is -2.36. The summed E-state index contributed by atoms with van der Waals surface area (Å²) in [5.74, 6) is -0.372. The van der Waals surface area contributed by atoms with Crippen molar-refractivity contribution in [3.63, 3.8) is 0 Å². The first-order valence-corrected chi connectivity index (χ1v) is 28.2. The Morgan fingerprint density at radius 1 is 0.887 bits per heavy atom. The lowest BCUT2D eigenvalue weighted by molar-refractivity contribution is -0.144. The van der Waals surface area contributed by atoms with Gasteiger partial charge in [0.1, 0.15) is 17.8 Å². The van der Waals surface area contributed by atoms with Gasteiger partial charge < -0.3 is 45.8 Å². The number of β-amino-alcohol motifs (C(OH)–C–C–N with tert-alkyl or cyclic N) is 1. The van der Waals surface area contributed by atoms with E-state index in [1.165, 1.54) is 21.6 Å². The summed E-state index contributed by atoms with van der Waals surface area (Å²) in [6, 6.07) is 20.4. The van der Waals surface area contributed by atoms with Crippen molar-refractivity contribution in [2.24, 2.45) is 5.41 Å². The molecule has 0 bridgehead atoms. The Labute approximate surface area is 470 Å². The minimum atomic E-state index is -0.884. The summed E-state index contributed by atoms with van der Waals surface area (Å²) in [7, 11) is 1.59. The van der Waals surface area contributed by atoms with Crippen molar-refractivity contribution < 1.29 is 33.8 Å². The quantitative estimate of drug-likeness (QED) is 0.0321. The zero-order valence-corrected chi connectivity index (χ0v) is 47.4. The molecule has 8 rings (SSSR count). The Balaban J connectivity index is 0.741. The van der Waals surface area contributed by atoms with Crippen molar-refractivity contribution in [1.82, 2.24) is 40.0 Å². The van der Waals surface area contributed by atoms with E-state index < -0.39 is 23.6 Å². The second-order valence-corrected chi connectivity index (χ2v) is 22.5. The van der Waals surface area contributed by atoms with Crippen molar-refractivity contribution in [3.8, 4) is 21.9 Å². The van der Waals surface area contributed by atoms with Crippen molar-refractivity contribution in [1.29, 1.82) is 0 Å². The first-order chi connectivity index (χ1) is 38.4. The number of fused-ring (bicyclic) bond motifs is 1. The molecule has 2 fully saturated rings. The molecule has 0 aliphatic carbocycles. The highest BCUT2D eigenvalue weighted by molar-refractivity contribution is 7.13. The van der Waals surface area contributed by atoms with Gasteiger partial charge in [0.05, 0.1) is 40.7 Å². The number of hydrogen-bond donors (Lipinski definition) is 5. The lowest BCUT2D eigenvalue weighted by atomic mass is 9.85. The molecule has 0 radical (unpaired) electrons. The van der Waals surface area contributed by atoms with Crippen LogP contribution in [-0.4, -0.2) is 122 Å². The number of ether oxygens (including phenoxy) is 1. The number of benzene rings is 3. The van der Waals surface area contributed by atoms with Crippen LogP contribution in [0.3, 0.4) is 0 Å². The van der Waals surface area contributed by atoms with E-state index in [1.807, 2.05) is 87.5 Å². The largest absolute Gasteiger partial charge is 0.494 e. The Hall–Kier alpha value is -7.97. The number of aromatic nitrogens is 4. The van der Waals surface area contributed by atoms with Gasteiger partial charge in [0.15, 0.2) is 5.65 Å². The van der Waals surface area contributed by atoms with Crippen LogP contribution in [-0.2, 0) is 30.5 Å². The Morgan fingerprint density at radius 2 is 1.61 bits per heavy atom. The molecule has 2 aliphatic heterocycles. The monoisotopic (exact) mass is 1110 g/mol. The number of nitrogens with one attached hydrogen (secondary N) is 4. The average Bonchev–Trinajstić information content (AvgIpc) is 4.09. The molecule has 2 saturated heterocycles. The maximum absolute atomic E-state index is 14.1. The van der Waals surface area contributed by atoms with Crippen molar-refractivity contribution >= 4 is 74.9 Å². The van der Waals surface area contributed by atoms with E-state index in [-0.39, 0.29) is 67.0 Å². The number of rotatable bonds is 22. The van der Waals surface area contributed by atoms with E-state index >= 15 is 0 Å². The van der Waals surface area contributed by atoms with Gasteiger partial charge in [-0.3, -0.25) is 33.3 Å². The van der Waals surface area contributed by atoms with Crippen LogP contribution < -0.4 is 36.5 Å². The highest BCUT2D eigenvalue weighted by Gasteiger charge is 2.44. The number of carbonyl (C=O) groups excluding carboxylic acids is 5. The van der Waals surface area contributed by atoms with E-state index in [0.29, 0.717) is 72.9 Å². The Morgan fingerprint density at radius 3 is 2.30 bits per heavy atom. The molecular formula is C60H73N11O8S.